The lowest BCUT2D eigenvalue weighted by Crippen LogP contribution is -2.47. The third-order valence-electron chi connectivity index (χ3n) is 2.59. The van der Waals surface area contributed by atoms with E-state index < -0.39 is 0 Å². The van der Waals surface area contributed by atoms with Crippen LogP contribution in [0, 0.1) is 0 Å². The topological polar surface area (TPSA) is 18.5 Å². The number of nitrogens with one attached hydrogen (secondary N) is 1. The van der Waals surface area contributed by atoms with Gasteiger partial charge in [0.15, 0.2) is 0 Å². The summed E-state index contributed by atoms with van der Waals surface area (Å²) in [5, 5.41) is 3.18. The van der Waals surface area contributed by atoms with Crippen molar-refractivity contribution in [3.63, 3.8) is 0 Å². The number of hydrogen-bond acceptors (Lipinski definition) is 3. The number of hydrogen-bond donors (Lipinski definition) is 1. The summed E-state index contributed by atoms with van der Waals surface area (Å²) in [5.74, 6) is 0. The predicted molar refractivity (Wildman–Crippen MR) is 52.5 cm³/mol. The van der Waals surface area contributed by atoms with Crippen molar-refractivity contribution in [2.45, 2.75) is 6.92 Å². The number of likely N-dealkylation sites (N-methyl/N-ethyl adjacent to an activating group) is 2. The fourth-order valence-electron chi connectivity index (χ4n) is 1.60. The van der Waals surface area contributed by atoms with Gasteiger partial charge in [0, 0.05) is 39.3 Å². The molecule has 1 saturated heterocycles. The van der Waals surface area contributed by atoms with Crippen LogP contribution in [0.3, 0.4) is 0 Å². The molecule has 1 aliphatic rings. The lowest BCUT2D eigenvalue weighted by molar-refractivity contribution is 0.138. The van der Waals surface area contributed by atoms with Crippen LogP contribution >= 0.6 is 0 Å². The van der Waals surface area contributed by atoms with Crippen molar-refractivity contribution in [1.29, 1.82) is 0 Å². The number of piperazine rings is 1. The largest absolute Gasteiger partial charge is 0.318 e. The summed E-state index contributed by atoms with van der Waals surface area (Å²) in [6, 6.07) is 0. The highest BCUT2D eigenvalue weighted by atomic mass is 15.3. The number of nitrogens with zero attached hydrogens (tertiary/aromatic N) is 2. The van der Waals surface area contributed by atoms with E-state index >= 15 is 0 Å². The van der Waals surface area contributed by atoms with Crippen LogP contribution in [0.5, 0.6) is 0 Å². The Kier molecular flexibility index (Phi) is 4.58. The van der Waals surface area contributed by atoms with E-state index in [9.17, 15) is 0 Å². The standard InChI is InChI=1S/C9H21N3/c1-3-11-6-8-12(9-7-11)5-4-10-2/h10H,3-9H2,1-2H3. The quantitative estimate of drug-likeness (QED) is 0.634. The van der Waals surface area contributed by atoms with E-state index in [4.69, 9.17) is 0 Å². The molecule has 0 aromatic carbocycles. The van der Waals surface area contributed by atoms with Gasteiger partial charge in [-0.2, -0.15) is 0 Å². The van der Waals surface area contributed by atoms with Crippen molar-refractivity contribution in [3.8, 4) is 0 Å². The van der Waals surface area contributed by atoms with Gasteiger partial charge >= 0.3 is 0 Å². The van der Waals surface area contributed by atoms with Crippen molar-refractivity contribution in [2.75, 3.05) is 52.9 Å². The average Bonchev–Trinajstić information content (AvgIpc) is 2.15. The minimum absolute atomic E-state index is 1.12. The molecule has 0 aliphatic carbocycles. The molecule has 0 spiro atoms. The van der Waals surface area contributed by atoms with Gasteiger partial charge in [-0.05, 0) is 13.6 Å². The second-order valence-electron chi connectivity index (χ2n) is 3.38. The van der Waals surface area contributed by atoms with Gasteiger partial charge in [-0.15, -0.1) is 0 Å². The van der Waals surface area contributed by atoms with E-state index in [1.807, 2.05) is 7.05 Å². The molecule has 3 heteroatoms. The zero-order valence-electron chi connectivity index (χ0n) is 8.34. The third-order valence-corrected chi connectivity index (χ3v) is 2.59. The van der Waals surface area contributed by atoms with Crippen molar-refractivity contribution >= 4 is 0 Å². The van der Waals surface area contributed by atoms with E-state index in [2.05, 4.69) is 22.0 Å². The lowest BCUT2D eigenvalue weighted by atomic mass is 10.3. The molecule has 1 heterocycles. The van der Waals surface area contributed by atoms with Crippen LogP contribution in [-0.2, 0) is 0 Å². The highest BCUT2D eigenvalue weighted by molar-refractivity contribution is 4.70. The second kappa shape index (κ2) is 5.51. The SMILES string of the molecule is CCN1CCN(CCNC)CC1. The Balaban J connectivity index is 2.09. The average molecular weight is 171 g/mol. The Labute approximate surface area is 75.7 Å². The molecule has 0 radical (unpaired) electrons. The summed E-state index contributed by atoms with van der Waals surface area (Å²) >= 11 is 0. The maximum atomic E-state index is 3.18. The highest BCUT2D eigenvalue weighted by Gasteiger charge is 2.13. The van der Waals surface area contributed by atoms with E-state index in [1.54, 1.807) is 0 Å². The van der Waals surface area contributed by atoms with Gasteiger partial charge in [0.05, 0.1) is 0 Å². The summed E-state index contributed by atoms with van der Waals surface area (Å²) < 4.78 is 0. The van der Waals surface area contributed by atoms with Gasteiger partial charge in [-0.25, -0.2) is 0 Å². The van der Waals surface area contributed by atoms with Crippen molar-refractivity contribution in [2.24, 2.45) is 0 Å². The molecule has 1 fully saturated rings. The molecule has 3 nitrogen and oxygen atoms in total. The molecule has 0 unspecified atom stereocenters. The van der Waals surface area contributed by atoms with E-state index in [1.165, 1.54) is 39.3 Å². The molecule has 12 heavy (non-hydrogen) atoms. The molecule has 0 amide bonds. The predicted octanol–water partition coefficient (Wildman–Crippen LogP) is -0.157. The molecular formula is C9H21N3. The monoisotopic (exact) mass is 171 g/mol. The molecule has 0 atom stereocenters. The summed E-state index contributed by atoms with van der Waals surface area (Å²) in [7, 11) is 2.02. The molecular weight excluding hydrogens is 150 g/mol. The maximum Gasteiger partial charge on any atom is 0.0110 e. The van der Waals surface area contributed by atoms with E-state index in [0.717, 1.165) is 6.54 Å². The summed E-state index contributed by atoms with van der Waals surface area (Å²) in [6.07, 6.45) is 0. The van der Waals surface area contributed by atoms with Gasteiger partial charge in [0.25, 0.3) is 0 Å². The van der Waals surface area contributed by atoms with E-state index in [-0.39, 0.29) is 0 Å². The van der Waals surface area contributed by atoms with E-state index in [0.29, 0.717) is 0 Å². The molecule has 0 aromatic heterocycles. The molecule has 1 rings (SSSR count). The molecule has 1 aliphatic heterocycles. The third kappa shape index (κ3) is 3.09. The fraction of sp³-hybridized carbons (Fsp3) is 1.00. The summed E-state index contributed by atoms with van der Waals surface area (Å²) in [6.45, 7) is 10.8. The van der Waals surface area contributed by atoms with Crippen molar-refractivity contribution < 1.29 is 0 Å². The van der Waals surface area contributed by atoms with Gasteiger partial charge in [-0.1, -0.05) is 6.92 Å². The molecule has 72 valence electrons. The molecule has 1 N–H and O–H groups in total. The van der Waals surface area contributed by atoms with Gasteiger partial charge in [0.2, 0.25) is 0 Å². The van der Waals surface area contributed by atoms with Crippen LogP contribution in [0.1, 0.15) is 6.92 Å². The Morgan fingerprint density at radius 1 is 1.08 bits per heavy atom. The van der Waals surface area contributed by atoms with Gasteiger partial charge in [-0.3, -0.25) is 4.90 Å². The van der Waals surface area contributed by atoms with Crippen LogP contribution < -0.4 is 5.32 Å². The fourth-order valence-corrected chi connectivity index (χ4v) is 1.60. The van der Waals surface area contributed by atoms with Crippen LogP contribution in [-0.4, -0.2) is 62.7 Å². The Bertz CT molecular complexity index is 108. The normalized spacial score (nSPS) is 21.5. The van der Waals surface area contributed by atoms with Crippen LogP contribution in [0.4, 0.5) is 0 Å². The maximum absolute atomic E-state index is 3.18. The second-order valence-corrected chi connectivity index (χ2v) is 3.38. The molecule has 0 saturated carbocycles. The molecule has 0 bridgehead atoms. The summed E-state index contributed by atoms with van der Waals surface area (Å²) in [5.41, 5.74) is 0. The number of rotatable bonds is 4. The van der Waals surface area contributed by atoms with Crippen LogP contribution in [0.15, 0.2) is 0 Å². The Morgan fingerprint density at radius 2 is 1.67 bits per heavy atom. The Morgan fingerprint density at radius 3 is 2.17 bits per heavy atom. The zero-order chi connectivity index (χ0) is 8.81. The lowest BCUT2D eigenvalue weighted by Gasteiger charge is -2.33. The zero-order valence-corrected chi connectivity index (χ0v) is 8.34. The van der Waals surface area contributed by atoms with Gasteiger partial charge < -0.3 is 10.2 Å². The van der Waals surface area contributed by atoms with Crippen molar-refractivity contribution in [1.82, 2.24) is 15.1 Å². The van der Waals surface area contributed by atoms with Crippen LogP contribution in [0.25, 0.3) is 0 Å². The smallest absolute Gasteiger partial charge is 0.0110 e. The minimum atomic E-state index is 1.12. The first-order valence-electron chi connectivity index (χ1n) is 4.96. The Hall–Kier alpha value is -0.120. The van der Waals surface area contributed by atoms with Crippen LogP contribution in [0.2, 0.25) is 0 Å². The first-order chi connectivity index (χ1) is 5.86. The minimum Gasteiger partial charge on any atom is -0.318 e. The van der Waals surface area contributed by atoms with Gasteiger partial charge in [0.1, 0.15) is 0 Å². The molecule has 0 aromatic rings. The van der Waals surface area contributed by atoms with Crippen molar-refractivity contribution in [3.05, 3.63) is 0 Å². The summed E-state index contributed by atoms with van der Waals surface area (Å²) in [4.78, 5) is 5.04. The highest BCUT2D eigenvalue weighted by Crippen LogP contribution is 1.99. The first kappa shape index (κ1) is 9.96. The first-order valence-corrected chi connectivity index (χ1v) is 4.96.